The zero-order valence-electron chi connectivity index (χ0n) is 19.1. The quantitative estimate of drug-likeness (QED) is 0.477. The minimum Gasteiger partial charge on any atom is -0.454 e. The van der Waals surface area contributed by atoms with Crippen molar-refractivity contribution in [3.63, 3.8) is 0 Å². The molecule has 0 aliphatic carbocycles. The summed E-state index contributed by atoms with van der Waals surface area (Å²) in [6.07, 6.45) is 3.49. The van der Waals surface area contributed by atoms with Crippen LogP contribution in [0.1, 0.15) is 5.56 Å². The Labute approximate surface area is 196 Å². The van der Waals surface area contributed by atoms with Gasteiger partial charge in [0.15, 0.2) is 11.6 Å². The van der Waals surface area contributed by atoms with Crippen molar-refractivity contribution in [1.82, 2.24) is 19.4 Å². The Bertz CT molecular complexity index is 1400. The molecule has 0 saturated carbocycles. The molecule has 1 aliphatic heterocycles. The third-order valence-corrected chi connectivity index (χ3v) is 6.35. The number of hydrogen-bond donors (Lipinski definition) is 1. The van der Waals surface area contributed by atoms with E-state index >= 15 is 0 Å². The molecule has 0 spiro atoms. The Morgan fingerprint density at radius 2 is 1.71 bits per heavy atom. The fourth-order valence-corrected chi connectivity index (χ4v) is 4.50. The van der Waals surface area contributed by atoms with E-state index in [9.17, 15) is 13.6 Å². The number of rotatable bonds is 5. The fourth-order valence-electron chi connectivity index (χ4n) is 4.50. The number of pyridine rings is 1. The van der Waals surface area contributed by atoms with Gasteiger partial charge in [-0.25, -0.2) is 8.78 Å². The summed E-state index contributed by atoms with van der Waals surface area (Å²) >= 11 is 0. The predicted octanol–water partition coefficient (Wildman–Crippen LogP) is 4.35. The molecule has 6 nitrogen and oxygen atoms in total. The molecule has 8 heteroatoms. The smallest absolute Gasteiger partial charge is 0.272 e. The molecule has 176 valence electrons. The molecule has 0 amide bonds. The summed E-state index contributed by atoms with van der Waals surface area (Å²) in [6, 6.07) is 10.9. The molecule has 3 heterocycles. The minimum atomic E-state index is -0.776. The first-order valence-electron chi connectivity index (χ1n) is 11.2. The summed E-state index contributed by atoms with van der Waals surface area (Å²) in [6.45, 7) is 4.77. The summed E-state index contributed by atoms with van der Waals surface area (Å²) in [5.41, 5.74) is 2.99. The first-order valence-corrected chi connectivity index (χ1v) is 11.2. The second kappa shape index (κ2) is 9.04. The fraction of sp³-hybridized carbons (Fsp3) is 0.269. The van der Waals surface area contributed by atoms with E-state index in [1.165, 1.54) is 6.07 Å². The lowest BCUT2D eigenvalue weighted by Gasteiger charge is -2.32. The number of nitrogens with zero attached hydrogens (tertiary/aromatic N) is 3. The molecule has 0 bridgehead atoms. The van der Waals surface area contributed by atoms with E-state index in [-0.39, 0.29) is 11.3 Å². The van der Waals surface area contributed by atoms with Gasteiger partial charge in [0.1, 0.15) is 17.1 Å². The van der Waals surface area contributed by atoms with Gasteiger partial charge < -0.3 is 19.2 Å². The van der Waals surface area contributed by atoms with E-state index in [1.54, 1.807) is 10.8 Å². The summed E-state index contributed by atoms with van der Waals surface area (Å²) in [4.78, 5) is 19.9. The number of nitrogens with one attached hydrogen (secondary N) is 1. The maximum Gasteiger partial charge on any atom is 0.272 e. The predicted molar refractivity (Wildman–Crippen MR) is 128 cm³/mol. The lowest BCUT2D eigenvalue weighted by atomic mass is 10.0. The van der Waals surface area contributed by atoms with Gasteiger partial charge in [-0.2, -0.15) is 0 Å². The summed E-state index contributed by atoms with van der Waals surface area (Å²) < 4.78 is 35.5. The van der Waals surface area contributed by atoms with Crippen molar-refractivity contribution in [2.75, 3.05) is 33.2 Å². The van der Waals surface area contributed by atoms with E-state index in [0.29, 0.717) is 11.3 Å². The highest BCUT2D eigenvalue weighted by atomic mass is 19.1. The molecule has 1 fully saturated rings. The third kappa shape index (κ3) is 4.34. The maximum absolute atomic E-state index is 14.4. The highest BCUT2D eigenvalue weighted by molar-refractivity contribution is 5.97. The third-order valence-electron chi connectivity index (χ3n) is 6.35. The summed E-state index contributed by atoms with van der Waals surface area (Å²) in [5, 5.41) is 0.771. The van der Waals surface area contributed by atoms with Crippen molar-refractivity contribution in [3.8, 4) is 22.6 Å². The van der Waals surface area contributed by atoms with Gasteiger partial charge >= 0.3 is 0 Å². The number of aromatic nitrogens is 2. The Hall–Kier alpha value is -3.49. The molecule has 2 aromatic carbocycles. The molecule has 1 aliphatic rings. The van der Waals surface area contributed by atoms with E-state index in [4.69, 9.17) is 4.74 Å². The largest absolute Gasteiger partial charge is 0.454 e. The van der Waals surface area contributed by atoms with Crippen molar-refractivity contribution in [2.24, 2.45) is 7.05 Å². The number of benzene rings is 2. The van der Waals surface area contributed by atoms with E-state index < -0.39 is 11.6 Å². The normalized spacial score (nSPS) is 15.2. The zero-order chi connectivity index (χ0) is 23.8. The highest BCUT2D eigenvalue weighted by Gasteiger charge is 2.19. The van der Waals surface area contributed by atoms with Crippen LogP contribution in [0.2, 0.25) is 0 Å². The van der Waals surface area contributed by atoms with Crippen molar-refractivity contribution in [1.29, 1.82) is 0 Å². The SMILES string of the molecule is CN1CCN(Cc2ccc(Oc3ccc(F)cc3F)c(-c3cn(C)c4c(=O)[nH]ccc34)c2)CC1. The number of piperazine rings is 1. The summed E-state index contributed by atoms with van der Waals surface area (Å²) in [7, 11) is 3.94. The molecule has 4 aromatic rings. The second-order valence-electron chi connectivity index (χ2n) is 8.81. The Morgan fingerprint density at radius 3 is 2.47 bits per heavy atom. The van der Waals surface area contributed by atoms with Gasteiger partial charge in [0, 0.05) is 74.7 Å². The van der Waals surface area contributed by atoms with Crippen LogP contribution in [0.15, 0.2) is 59.7 Å². The van der Waals surface area contributed by atoms with Crippen molar-refractivity contribution in [3.05, 3.63) is 82.4 Å². The van der Waals surface area contributed by atoms with Crippen LogP contribution >= 0.6 is 0 Å². The van der Waals surface area contributed by atoms with E-state index in [0.717, 1.165) is 66.9 Å². The van der Waals surface area contributed by atoms with Crippen LogP contribution in [0.25, 0.3) is 22.0 Å². The zero-order valence-corrected chi connectivity index (χ0v) is 19.1. The molecular formula is C26H26F2N4O2. The number of hydrogen-bond acceptors (Lipinski definition) is 4. The number of halogens is 2. The molecule has 0 atom stereocenters. The van der Waals surface area contributed by atoms with Crippen LogP contribution in [-0.4, -0.2) is 52.6 Å². The van der Waals surface area contributed by atoms with Crippen molar-refractivity contribution >= 4 is 10.9 Å². The highest BCUT2D eigenvalue weighted by Crippen LogP contribution is 2.39. The molecule has 0 radical (unpaired) electrons. The van der Waals surface area contributed by atoms with E-state index in [2.05, 4.69) is 21.8 Å². The van der Waals surface area contributed by atoms with Gasteiger partial charge in [-0.15, -0.1) is 0 Å². The lowest BCUT2D eigenvalue weighted by Crippen LogP contribution is -2.43. The monoisotopic (exact) mass is 464 g/mol. The second-order valence-corrected chi connectivity index (χ2v) is 8.81. The molecule has 5 rings (SSSR count). The van der Waals surface area contributed by atoms with Crippen LogP contribution in [0.4, 0.5) is 8.78 Å². The number of aryl methyl sites for hydroxylation is 1. The molecule has 0 unspecified atom stereocenters. The first-order chi connectivity index (χ1) is 16.4. The topological polar surface area (TPSA) is 53.5 Å². The van der Waals surface area contributed by atoms with Gasteiger partial charge in [-0.3, -0.25) is 9.69 Å². The van der Waals surface area contributed by atoms with Crippen LogP contribution < -0.4 is 10.3 Å². The molecule has 1 N–H and O–H groups in total. The lowest BCUT2D eigenvalue weighted by molar-refractivity contribution is 0.148. The van der Waals surface area contributed by atoms with Gasteiger partial charge in [-0.05, 0) is 42.9 Å². The number of aromatic amines is 1. The van der Waals surface area contributed by atoms with Gasteiger partial charge in [0.2, 0.25) is 0 Å². The van der Waals surface area contributed by atoms with Crippen molar-refractivity contribution < 1.29 is 13.5 Å². The van der Waals surface area contributed by atoms with Crippen LogP contribution in [-0.2, 0) is 13.6 Å². The molecule has 1 saturated heterocycles. The first kappa shape index (κ1) is 22.3. The number of ether oxygens (including phenoxy) is 1. The Balaban J connectivity index is 1.59. The summed E-state index contributed by atoms with van der Waals surface area (Å²) in [5.74, 6) is -1.07. The molecule has 34 heavy (non-hydrogen) atoms. The molecular weight excluding hydrogens is 438 g/mol. The Kier molecular flexibility index (Phi) is 5.93. The van der Waals surface area contributed by atoms with Crippen LogP contribution in [0.3, 0.4) is 0 Å². The van der Waals surface area contributed by atoms with Gasteiger partial charge in [-0.1, -0.05) is 6.07 Å². The maximum atomic E-state index is 14.4. The minimum absolute atomic E-state index is 0.0625. The average Bonchev–Trinajstić information content (AvgIpc) is 3.15. The average molecular weight is 465 g/mol. The van der Waals surface area contributed by atoms with E-state index in [1.807, 2.05) is 37.5 Å². The number of fused-ring (bicyclic) bond motifs is 1. The van der Waals surface area contributed by atoms with Gasteiger partial charge in [0.25, 0.3) is 5.56 Å². The van der Waals surface area contributed by atoms with Crippen LogP contribution in [0, 0.1) is 11.6 Å². The van der Waals surface area contributed by atoms with Crippen LogP contribution in [0.5, 0.6) is 11.5 Å². The van der Waals surface area contributed by atoms with Gasteiger partial charge in [0.05, 0.1) is 0 Å². The number of H-pyrrole nitrogens is 1. The Morgan fingerprint density at radius 1 is 0.941 bits per heavy atom. The van der Waals surface area contributed by atoms with Crippen molar-refractivity contribution in [2.45, 2.75) is 6.54 Å². The number of likely N-dealkylation sites (N-methyl/N-ethyl adjacent to an activating group) is 1. The standard InChI is InChI=1S/C26H26F2N4O2/c1-30-9-11-32(12-10-30)15-17-3-5-23(34-24-6-4-18(27)14-22(24)28)20(13-17)21-16-31(2)25-19(21)7-8-29-26(25)33/h3-8,13-14,16H,9-12,15H2,1-2H3,(H,29,33). The molecule has 2 aromatic heterocycles.